The van der Waals surface area contributed by atoms with Crippen LogP contribution in [0.5, 0.6) is 0 Å². The lowest BCUT2D eigenvalue weighted by molar-refractivity contribution is 0.594. The summed E-state index contributed by atoms with van der Waals surface area (Å²) in [5, 5.41) is -0.185. The Morgan fingerprint density at radius 3 is 2.76 bits per heavy atom. The predicted octanol–water partition coefficient (Wildman–Crippen LogP) is 2.90. The van der Waals surface area contributed by atoms with E-state index in [1.807, 2.05) is 0 Å². The van der Waals surface area contributed by atoms with Crippen LogP contribution in [0.4, 0.5) is 10.2 Å². The molecule has 1 heterocycles. The standard InChI is InChI=1S/C12H10BrClFN3O2S/c13-9-2-1-3-17-12(9)18-21(19,20)8-4-7(6-16)11(14)10(15)5-8/h1-5H,6,16H2,(H,17,18). The van der Waals surface area contributed by atoms with Gasteiger partial charge < -0.3 is 5.73 Å². The number of halogens is 3. The third-order valence-electron chi connectivity index (χ3n) is 2.60. The van der Waals surface area contributed by atoms with E-state index in [0.717, 1.165) is 6.07 Å². The van der Waals surface area contributed by atoms with Gasteiger partial charge in [-0.15, -0.1) is 0 Å². The highest BCUT2D eigenvalue weighted by atomic mass is 79.9. The number of nitrogens with one attached hydrogen (secondary N) is 1. The topological polar surface area (TPSA) is 85.1 Å². The van der Waals surface area contributed by atoms with Crippen molar-refractivity contribution in [2.24, 2.45) is 5.73 Å². The largest absolute Gasteiger partial charge is 0.326 e. The Kier molecular flexibility index (Phi) is 4.82. The van der Waals surface area contributed by atoms with Crippen molar-refractivity contribution in [1.82, 2.24) is 4.98 Å². The second kappa shape index (κ2) is 6.27. The molecule has 2 aromatic rings. The fourth-order valence-corrected chi connectivity index (χ4v) is 3.33. The lowest BCUT2D eigenvalue weighted by Gasteiger charge is -2.11. The van der Waals surface area contributed by atoms with Crippen LogP contribution in [-0.2, 0) is 16.6 Å². The van der Waals surface area contributed by atoms with Gasteiger partial charge in [0, 0.05) is 12.7 Å². The first-order valence-electron chi connectivity index (χ1n) is 5.66. The van der Waals surface area contributed by atoms with Crippen molar-refractivity contribution in [1.29, 1.82) is 0 Å². The fourth-order valence-electron chi connectivity index (χ4n) is 1.57. The normalized spacial score (nSPS) is 11.4. The minimum atomic E-state index is -4.00. The molecule has 0 aliphatic carbocycles. The number of nitrogens with two attached hydrogens (primary N) is 1. The van der Waals surface area contributed by atoms with Crippen LogP contribution in [0.3, 0.4) is 0 Å². The molecule has 1 aromatic heterocycles. The highest BCUT2D eigenvalue weighted by molar-refractivity contribution is 9.10. The number of sulfonamides is 1. The van der Waals surface area contributed by atoms with Crippen LogP contribution in [0.1, 0.15) is 5.56 Å². The SMILES string of the molecule is NCc1cc(S(=O)(=O)Nc2ncccc2Br)cc(F)c1Cl. The van der Waals surface area contributed by atoms with Gasteiger partial charge in [0.2, 0.25) is 0 Å². The van der Waals surface area contributed by atoms with Gasteiger partial charge in [0.1, 0.15) is 5.82 Å². The van der Waals surface area contributed by atoms with E-state index in [1.54, 1.807) is 12.1 Å². The number of hydrogen-bond donors (Lipinski definition) is 2. The summed E-state index contributed by atoms with van der Waals surface area (Å²) in [5.41, 5.74) is 5.63. The summed E-state index contributed by atoms with van der Waals surface area (Å²) in [7, 11) is -4.00. The molecule has 0 radical (unpaired) electrons. The summed E-state index contributed by atoms with van der Waals surface area (Å²) in [4.78, 5) is 3.61. The van der Waals surface area contributed by atoms with Crippen LogP contribution in [0.25, 0.3) is 0 Å². The van der Waals surface area contributed by atoms with Crippen molar-refractivity contribution >= 4 is 43.4 Å². The van der Waals surface area contributed by atoms with Crippen LogP contribution in [0.2, 0.25) is 5.02 Å². The van der Waals surface area contributed by atoms with Gasteiger partial charge in [-0.3, -0.25) is 4.72 Å². The van der Waals surface area contributed by atoms with Gasteiger partial charge in [-0.05, 0) is 45.8 Å². The molecule has 1 aromatic carbocycles. The molecule has 9 heteroatoms. The van der Waals surface area contributed by atoms with Crippen LogP contribution in [-0.4, -0.2) is 13.4 Å². The molecule has 3 N–H and O–H groups in total. The van der Waals surface area contributed by atoms with Gasteiger partial charge in [0.25, 0.3) is 10.0 Å². The molecule has 0 unspecified atom stereocenters. The van der Waals surface area contributed by atoms with E-state index in [0.29, 0.717) is 4.47 Å². The van der Waals surface area contributed by atoms with Gasteiger partial charge in [0.15, 0.2) is 5.82 Å². The van der Waals surface area contributed by atoms with E-state index in [4.69, 9.17) is 17.3 Å². The monoisotopic (exact) mass is 393 g/mol. The number of pyridine rings is 1. The molecule has 112 valence electrons. The molecule has 0 amide bonds. The van der Waals surface area contributed by atoms with Crippen molar-refractivity contribution in [3.63, 3.8) is 0 Å². The molecule has 0 bridgehead atoms. The first-order chi connectivity index (χ1) is 9.85. The maximum atomic E-state index is 13.7. The Bertz CT molecular complexity index is 786. The highest BCUT2D eigenvalue weighted by Crippen LogP contribution is 2.26. The number of nitrogens with zero attached hydrogens (tertiary/aromatic N) is 1. The molecule has 0 saturated heterocycles. The molecule has 0 atom stereocenters. The summed E-state index contributed by atoms with van der Waals surface area (Å²) in [5.74, 6) is -0.748. The Morgan fingerprint density at radius 1 is 1.43 bits per heavy atom. The second-order valence-electron chi connectivity index (χ2n) is 4.02. The molecule has 0 saturated carbocycles. The number of anilines is 1. The summed E-state index contributed by atoms with van der Waals surface area (Å²) in [6.07, 6.45) is 1.43. The van der Waals surface area contributed by atoms with Gasteiger partial charge in [-0.2, -0.15) is 0 Å². The predicted molar refractivity (Wildman–Crippen MR) is 82.0 cm³/mol. The van der Waals surface area contributed by atoms with E-state index in [-0.39, 0.29) is 27.8 Å². The second-order valence-corrected chi connectivity index (χ2v) is 6.94. The van der Waals surface area contributed by atoms with Gasteiger partial charge >= 0.3 is 0 Å². The minimum absolute atomic E-state index is 0.0770. The average molecular weight is 395 g/mol. The number of rotatable bonds is 4. The quantitative estimate of drug-likeness (QED) is 0.835. The van der Waals surface area contributed by atoms with Crippen LogP contribution in [0, 0.1) is 5.82 Å². The first kappa shape index (κ1) is 16.2. The Morgan fingerprint density at radius 2 is 2.14 bits per heavy atom. The molecule has 2 rings (SSSR count). The number of hydrogen-bond acceptors (Lipinski definition) is 4. The molecular weight excluding hydrogens is 385 g/mol. The van der Waals surface area contributed by atoms with Crippen molar-refractivity contribution in [2.45, 2.75) is 11.4 Å². The molecule has 5 nitrogen and oxygen atoms in total. The first-order valence-corrected chi connectivity index (χ1v) is 8.32. The van der Waals surface area contributed by atoms with Gasteiger partial charge in [-0.1, -0.05) is 11.6 Å². The molecule has 0 aliphatic rings. The molecular formula is C12H10BrClFN3O2S. The molecule has 0 spiro atoms. The summed E-state index contributed by atoms with van der Waals surface area (Å²) >= 11 is 8.88. The zero-order valence-corrected chi connectivity index (χ0v) is 13.6. The fraction of sp³-hybridized carbons (Fsp3) is 0.0833. The maximum Gasteiger partial charge on any atom is 0.263 e. The van der Waals surface area contributed by atoms with Crippen molar-refractivity contribution < 1.29 is 12.8 Å². The van der Waals surface area contributed by atoms with E-state index in [2.05, 4.69) is 25.6 Å². The Labute approximate surface area is 134 Å². The average Bonchev–Trinajstić information content (AvgIpc) is 2.44. The van der Waals surface area contributed by atoms with E-state index in [1.165, 1.54) is 12.3 Å². The lowest BCUT2D eigenvalue weighted by atomic mass is 10.2. The number of benzene rings is 1. The lowest BCUT2D eigenvalue weighted by Crippen LogP contribution is -2.15. The van der Waals surface area contributed by atoms with E-state index in [9.17, 15) is 12.8 Å². The maximum absolute atomic E-state index is 13.7. The van der Waals surface area contributed by atoms with Crippen LogP contribution in [0.15, 0.2) is 39.8 Å². The van der Waals surface area contributed by atoms with Crippen LogP contribution >= 0.6 is 27.5 Å². The number of aromatic nitrogens is 1. The third-order valence-corrected chi connectivity index (χ3v) is 4.98. The summed E-state index contributed by atoms with van der Waals surface area (Å²) in [6, 6.07) is 5.32. The molecule has 0 aliphatic heterocycles. The van der Waals surface area contributed by atoms with Crippen molar-refractivity contribution in [2.75, 3.05) is 4.72 Å². The Hall–Kier alpha value is -1.22. The smallest absolute Gasteiger partial charge is 0.263 e. The van der Waals surface area contributed by atoms with E-state index < -0.39 is 15.8 Å². The van der Waals surface area contributed by atoms with Crippen molar-refractivity contribution in [3.8, 4) is 0 Å². The van der Waals surface area contributed by atoms with Crippen molar-refractivity contribution in [3.05, 3.63) is 51.3 Å². The highest BCUT2D eigenvalue weighted by Gasteiger charge is 2.20. The van der Waals surface area contributed by atoms with E-state index >= 15 is 0 Å². The van der Waals surface area contributed by atoms with Crippen LogP contribution < -0.4 is 10.5 Å². The zero-order valence-electron chi connectivity index (χ0n) is 10.5. The summed E-state index contributed by atoms with van der Waals surface area (Å²) in [6.45, 7) is -0.0770. The molecule has 0 fully saturated rings. The molecule has 21 heavy (non-hydrogen) atoms. The Balaban J connectivity index is 2.45. The summed E-state index contributed by atoms with van der Waals surface area (Å²) < 4.78 is 40.9. The zero-order chi connectivity index (χ0) is 15.6. The van der Waals surface area contributed by atoms with Gasteiger partial charge in [0.05, 0.1) is 14.4 Å². The minimum Gasteiger partial charge on any atom is -0.326 e. The van der Waals surface area contributed by atoms with Gasteiger partial charge in [-0.25, -0.2) is 17.8 Å². The third kappa shape index (κ3) is 3.52.